The Kier molecular flexibility index (Phi) is 6.00. The third kappa shape index (κ3) is 4.97. The molecular weight excluding hydrogens is 320 g/mol. The molecule has 0 heterocycles. The number of carbonyl (C=O) groups excluding carboxylic acids is 2. The summed E-state index contributed by atoms with van der Waals surface area (Å²) in [7, 11) is 1.51. The molecule has 0 aromatic heterocycles. The summed E-state index contributed by atoms with van der Waals surface area (Å²) in [5.41, 5.74) is 3.13. The van der Waals surface area contributed by atoms with Gasteiger partial charge in [-0.25, -0.2) is 0 Å². The quantitative estimate of drug-likeness (QED) is 0.844. The van der Waals surface area contributed by atoms with Crippen molar-refractivity contribution in [3.05, 3.63) is 47.5 Å². The highest BCUT2D eigenvalue weighted by Gasteiger charge is 2.11. The number of aryl methyl sites for hydroxylation is 1. The summed E-state index contributed by atoms with van der Waals surface area (Å²) >= 11 is 0. The molecule has 2 aromatic carbocycles. The minimum Gasteiger partial charge on any atom is -0.495 e. The molecule has 0 aliphatic carbocycles. The van der Waals surface area contributed by atoms with Gasteiger partial charge >= 0.3 is 0 Å². The second kappa shape index (κ2) is 8.19. The molecule has 6 nitrogen and oxygen atoms in total. The molecule has 25 heavy (non-hydrogen) atoms. The van der Waals surface area contributed by atoms with Gasteiger partial charge in [0.05, 0.1) is 12.8 Å². The van der Waals surface area contributed by atoms with Gasteiger partial charge < -0.3 is 20.1 Å². The van der Waals surface area contributed by atoms with Gasteiger partial charge in [0.25, 0.3) is 5.91 Å². The average Bonchev–Trinajstić information content (AvgIpc) is 2.56. The van der Waals surface area contributed by atoms with Gasteiger partial charge in [0, 0.05) is 12.6 Å². The fraction of sp³-hybridized carbons (Fsp3) is 0.263. The van der Waals surface area contributed by atoms with Crippen LogP contribution in [0.15, 0.2) is 36.4 Å². The van der Waals surface area contributed by atoms with Gasteiger partial charge in [-0.05, 0) is 49.2 Å². The summed E-state index contributed by atoms with van der Waals surface area (Å²) in [5.74, 6) is 0.656. The van der Waals surface area contributed by atoms with E-state index in [0.717, 1.165) is 11.1 Å². The van der Waals surface area contributed by atoms with Crippen LogP contribution in [0.5, 0.6) is 11.5 Å². The van der Waals surface area contributed by atoms with E-state index in [9.17, 15) is 9.59 Å². The number of amides is 2. The Labute approximate surface area is 147 Å². The van der Waals surface area contributed by atoms with Crippen molar-refractivity contribution in [3.63, 3.8) is 0 Å². The molecule has 0 spiro atoms. The molecular formula is C19H22N2O4. The highest BCUT2D eigenvalue weighted by molar-refractivity contribution is 5.95. The molecule has 0 fully saturated rings. The minimum absolute atomic E-state index is 0.127. The second-order valence-corrected chi connectivity index (χ2v) is 5.63. The maximum Gasteiger partial charge on any atom is 0.262 e. The number of ether oxygens (including phenoxy) is 2. The molecule has 0 aliphatic heterocycles. The van der Waals surface area contributed by atoms with E-state index in [4.69, 9.17) is 9.47 Å². The zero-order chi connectivity index (χ0) is 18.4. The Balaban J connectivity index is 2.06. The third-order valence-electron chi connectivity index (χ3n) is 3.71. The average molecular weight is 342 g/mol. The third-order valence-corrected chi connectivity index (χ3v) is 3.71. The van der Waals surface area contributed by atoms with Gasteiger partial charge in [-0.3, -0.25) is 9.59 Å². The van der Waals surface area contributed by atoms with Crippen molar-refractivity contribution in [2.24, 2.45) is 0 Å². The fourth-order valence-corrected chi connectivity index (χ4v) is 2.30. The number of methoxy groups -OCH3 is 1. The summed E-state index contributed by atoms with van der Waals surface area (Å²) in [4.78, 5) is 23.4. The number of nitrogens with one attached hydrogen (secondary N) is 2. The molecule has 2 N–H and O–H groups in total. The van der Waals surface area contributed by atoms with Crippen molar-refractivity contribution in [2.45, 2.75) is 20.8 Å². The number of benzene rings is 2. The normalized spacial score (nSPS) is 10.1. The Hall–Kier alpha value is -3.02. The molecule has 2 amide bonds. The largest absolute Gasteiger partial charge is 0.495 e. The van der Waals surface area contributed by atoms with Crippen LogP contribution >= 0.6 is 0 Å². The highest BCUT2D eigenvalue weighted by Crippen LogP contribution is 2.28. The van der Waals surface area contributed by atoms with Crippen molar-refractivity contribution in [2.75, 3.05) is 24.4 Å². The van der Waals surface area contributed by atoms with Crippen LogP contribution in [0.1, 0.15) is 18.1 Å². The lowest BCUT2D eigenvalue weighted by molar-refractivity contribution is -0.118. The highest BCUT2D eigenvalue weighted by atomic mass is 16.5. The molecule has 0 aliphatic rings. The van der Waals surface area contributed by atoms with Gasteiger partial charge in [0.1, 0.15) is 11.5 Å². The van der Waals surface area contributed by atoms with Gasteiger partial charge in [0.2, 0.25) is 5.91 Å². The maximum absolute atomic E-state index is 12.2. The van der Waals surface area contributed by atoms with Crippen molar-refractivity contribution in [3.8, 4) is 11.5 Å². The Morgan fingerprint density at radius 3 is 2.48 bits per heavy atom. The molecule has 2 aromatic rings. The zero-order valence-electron chi connectivity index (χ0n) is 14.8. The number of hydrogen-bond donors (Lipinski definition) is 2. The molecule has 0 saturated heterocycles. The van der Waals surface area contributed by atoms with E-state index < -0.39 is 0 Å². The van der Waals surface area contributed by atoms with Crippen LogP contribution in [0.25, 0.3) is 0 Å². The van der Waals surface area contributed by atoms with E-state index in [-0.39, 0.29) is 18.4 Å². The standard InChI is InChI=1S/C19H22N2O4/c1-12-6-5-7-17(13(12)2)25-11-19(23)21-16-10-15(20-14(3)22)8-9-18(16)24-4/h5-10H,11H2,1-4H3,(H,20,22)(H,21,23). The molecule has 132 valence electrons. The minimum atomic E-state index is -0.320. The van der Waals surface area contributed by atoms with Crippen molar-refractivity contribution >= 4 is 23.2 Å². The Morgan fingerprint density at radius 2 is 1.80 bits per heavy atom. The van der Waals surface area contributed by atoms with Crippen molar-refractivity contribution in [1.29, 1.82) is 0 Å². The maximum atomic E-state index is 12.2. The molecule has 0 radical (unpaired) electrons. The number of anilines is 2. The summed E-state index contributed by atoms with van der Waals surface area (Å²) in [6.07, 6.45) is 0. The first-order valence-electron chi connectivity index (χ1n) is 7.85. The molecule has 6 heteroatoms. The molecule has 0 saturated carbocycles. The van der Waals surface area contributed by atoms with E-state index in [2.05, 4.69) is 10.6 Å². The van der Waals surface area contributed by atoms with Crippen LogP contribution in [0.4, 0.5) is 11.4 Å². The summed E-state index contributed by atoms with van der Waals surface area (Å²) in [6.45, 7) is 5.22. The van der Waals surface area contributed by atoms with Crippen LogP contribution in [0.3, 0.4) is 0 Å². The van der Waals surface area contributed by atoms with Gasteiger partial charge in [-0.2, -0.15) is 0 Å². The lowest BCUT2D eigenvalue weighted by atomic mass is 10.1. The van der Waals surface area contributed by atoms with E-state index in [0.29, 0.717) is 22.9 Å². The molecule has 0 bridgehead atoms. The van der Waals surface area contributed by atoms with E-state index in [1.54, 1.807) is 18.2 Å². The topological polar surface area (TPSA) is 76.7 Å². The van der Waals surface area contributed by atoms with Crippen molar-refractivity contribution < 1.29 is 19.1 Å². The first-order chi connectivity index (χ1) is 11.9. The number of rotatable bonds is 6. The zero-order valence-corrected chi connectivity index (χ0v) is 14.8. The van der Waals surface area contributed by atoms with Crippen LogP contribution in [-0.2, 0) is 9.59 Å². The Bertz CT molecular complexity index is 787. The fourth-order valence-electron chi connectivity index (χ4n) is 2.30. The summed E-state index contributed by atoms with van der Waals surface area (Å²) < 4.78 is 10.8. The predicted octanol–water partition coefficient (Wildman–Crippen LogP) is 3.29. The number of hydrogen-bond acceptors (Lipinski definition) is 4. The smallest absolute Gasteiger partial charge is 0.262 e. The molecule has 0 atom stereocenters. The van der Waals surface area contributed by atoms with Crippen LogP contribution < -0.4 is 20.1 Å². The SMILES string of the molecule is COc1ccc(NC(C)=O)cc1NC(=O)COc1cccc(C)c1C. The first-order valence-corrected chi connectivity index (χ1v) is 7.85. The van der Waals surface area contributed by atoms with Gasteiger partial charge in [-0.1, -0.05) is 12.1 Å². The second-order valence-electron chi connectivity index (χ2n) is 5.63. The van der Waals surface area contributed by atoms with E-state index in [1.165, 1.54) is 14.0 Å². The van der Waals surface area contributed by atoms with Crippen LogP contribution in [-0.4, -0.2) is 25.5 Å². The van der Waals surface area contributed by atoms with E-state index in [1.807, 2.05) is 32.0 Å². The van der Waals surface area contributed by atoms with Crippen LogP contribution in [0, 0.1) is 13.8 Å². The van der Waals surface area contributed by atoms with Crippen LogP contribution in [0.2, 0.25) is 0 Å². The van der Waals surface area contributed by atoms with Gasteiger partial charge in [0.15, 0.2) is 6.61 Å². The van der Waals surface area contributed by atoms with Gasteiger partial charge in [-0.15, -0.1) is 0 Å². The lowest BCUT2D eigenvalue weighted by Crippen LogP contribution is -2.21. The first kappa shape index (κ1) is 18.3. The summed E-state index contributed by atoms with van der Waals surface area (Å²) in [6, 6.07) is 10.7. The Morgan fingerprint density at radius 1 is 1.04 bits per heavy atom. The van der Waals surface area contributed by atoms with Crippen molar-refractivity contribution in [1.82, 2.24) is 0 Å². The lowest BCUT2D eigenvalue weighted by Gasteiger charge is -2.14. The summed E-state index contributed by atoms with van der Waals surface area (Å²) in [5, 5.41) is 5.40. The van der Waals surface area contributed by atoms with E-state index >= 15 is 0 Å². The monoisotopic (exact) mass is 342 g/mol. The predicted molar refractivity (Wildman–Crippen MR) is 97.3 cm³/mol. The molecule has 2 rings (SSSR count). The number of carbonyl (C=O) groups is 2. The molecule has 0 unspecified atom stereocenters.